The Bertz CT molecular complexity index is 506. The van der Waals surface area contributed by atoms with E-state index in [4.69, 9.17) is 10.2 Å². The van der Waals surface area contributed by atoms with Crippen molar-refractivity contribution < 1.29 is 34.2 Å². The van der Waals surface area contributed by atoms with Gasteiger partial charge in [-0.1, -0.05) is 76.9 Å². The topological polar surface area (TPSA) is 115 Å². The summed E-state index contributed by atoms with van der Waals surface area (Å²) in [6.07, 6.45) is 22.0. The molecule has 0 bridgehead atoms. The van der Waals surface area contributed by atoms with Gasteiger partial charge in [0, 0.05) is 0 Å². The zero-order valence-corrected chi connectivity index (χ0v) is 20.1. The van der Waals surface area contributed by atoms with Gasteiger partial charge in [0.15, 0.2) is 13.1 Å². The highest BCUT2D eigenvalue weighted by molar-refractivity contribution is 5.72. The maximum atomic E-state index is 11.1. The first-order chi connectivity index (χ1) is 15.3. The van der Waals surface area contributed by atoms with Crippen molar-refractivity contribution in [2.45, 2.75) is 103 Å². The van der Waals surface area contributed by atoms with Gasteiger partial charge in [-0.05, 0) is 38.5 Å². The van der Waals surface area contributed by atoms with Crippen LogP contribution in [-0.2, 0) is 14.4 Å². The number of hydrogen-bond donors (Lipinski definition) is 2. The predicted molar refractivity (Wildman–Crippen MR) is 124 cm³/mol. The predicted octanol–water partition coefficient (Wildman–Crippen LogP) is 4.15. The van der Waals surface area contributed by atoms with Crippen LogP contribution in [0.15, 0.2) is 12.2 Å². The summed E-state index contributed by atoms with van der Waals surface area (Å²) in [6, 6.07) is 0. The molecule has 0 aromatic heterocycles. The minimum absolute atomic E-state index is 0.218. The zero-order valence-electron chi connectivity index (χ0n) is 20.1. The summed E-state index contributed by atoms with van der Waals surface area (Å²) in [5.74, 6) is -3.82. The van der Waals surface area contributed by atoms with Gasteiger partial charge in [0.1, 0.15) is 6.54 Å². The Labute approximate surface area is 194 Å². The number of hydrogen-bond acceptors (Lipinski definition) is 4. The Kier molecular flexibility index (Phi) is 18.6. The molecule has 0 amide bonds. The van der Waals surface area contributed by atoms with E-state index >= 15 is 0 Å². The second-order valence-corrected chi connectivity index (χ2v) is 8.99. The molecule has 0 unspecified atom stereocenters. The lowest BCUT2D eigenvalue weighted by Crippen LogP contribution is -2.59. The lowest BCUT2D eigenvalue weighted by Gasteiger charge is -2.36. The zero-order chi connectivity index (χ0) is 24.1. The van der Waals surface area contributed by atoms with Crippen LogP contribution in [-0.4, -0.2) is 58.8 Å². The van der Waals surface area contributed by atoms with Crippen LogP contribution in [0.1, 0.15) is 103 Å². The first-order valence-corrected chi connectivity index (χ1v) is 12.4. The quantitative estimate of drug-likeness (QED) is 0.136. The number of rotatable bonds is 23. The number of carboxylic acids is 3. The summed E-state index contributed by atoms with van der Waals surface area (Å²) in [6.45, 7) is 0.823. The lowest BCUT2D eigenvalue weighted by molar-refractivity contribution is -0.909. The Morgan fingerprint density at radius 2 is 1.06 bits per heavy atom. The fourth-order valence-electron chi connectivity index (χ4n) is 4.12. The summed E-state index contributed by atoms with van der Waals surface area (Å²) in [5, 5.41) is 29.2. The highest BCUT2D eigenvalue weighted by Crippen LogP contribution is 2.14. The molecule has 0 aliphatic heterocycles. The molecule has 0 spiro atoms. The molecular formula is C25H45NO6. The molecule has 0 aromatic carbocycles. The molecule has 0 radical (unpaired) electrons. The van der Waals surface area contributed by atoms with E-state index < -0.39 is 42.0 Å². The third kappa shape index (κ3) is 18.8. The molecule has 0 atom stereocenters. The van der Waals surface area contributed by atoms with Gasteiger partial charge in [-0.15, -0.1) is 0 Å². The molecule has 0 saturated heterocycles. The molecule has 0 heterocycles. The third-order valence-electron chi connectivity index (χ3n) is 5.80. The molecule has 0 aromatic rings. The summed E-state index contributed by atoms with van der Waals surface area (Å²) < 4.78 is -0.502. The van der Waals surface area contributed by atoms with Crippen molar-refractivity contribution in [2.24, 2.45) is 0 Å². The first-order valence-electron chi connectivity index (χ1n) is 12.4. The number of aliphatic carboxylic acids is 3. The van der Waals surface area contributed by atoms with E-state index in [1.165, 1.54) is 57.8 Å². The fourth-order valence-corrected chi connectivity index (χ4v) is 4.12. The third-order valence-corrected chi connectivity index (χ3v) is 5.80. The summed E-state index contributed by atoms with van der Waals surface area (Å²) in [5.41, 5.74) is 0. The normalized spacial score (nSPS) is 11.8. The van der Waals surface area contributed by atoms with E-state index in [2.05, 4.69) is 19.1 Å². The maximum absolute atomic E-state index is 11.1. The van der Waals surface area contributed by atoms with Crippen molar-refractivity contribution in [3.8, 4) is 0 Å². The second-order valence-electron chi connectivity index (χ2n) is 8.99. The largest absolute Gasteiger partial charge is 0.544 e. The summed E-state index contributed by atoms with van der Waals surface area (Å²) in [7, 11) is 0. The standard InChI is InChI=1S/C25H45NO6/c1-2-3-4-5-6-7-8-9-10-11-12-13-14-15-16-17-18-19-26(20-23(27)28,21-24(29)30)22-25(31)32/h9-10H,2-8,11-22H2,1H3,(H2-,27,28,29,30,31,32)/b10-9+. The minimum atomic E-state index is -1.42. The van der Waals surface area contributed by atoms with E-state index in [1.807, 2.05) is 0 Å². The van der Waals surface area contributed by atoms with Crippen LogP contribution in [0.2, 0.25) is 0 Å². The fraction of sp³-hybridized carbons (Fsp3) is 0.800. The van der Waals surface area contributed by atoms with Gasteiger partial charge in [-0.3, -0.25) is 0 Å². The number of carboxylic acid groups (broad SMARTS) is 3. The van der Waals surface area contributed by atoms with Crippen LogP contribution in [0, 0.1) is 0 Å². The molecule has 7 heteroatoms. The van der Waals surface area contributed by atoms with Crippen LogP contribution in [0.25, 0.3) is 0 Å². The van der Waals surface area contributed by atoms with Crippen LogP contribution in [0.5, 0.6) is 0 Å². The molecule has 0 rings (SSSR count). The smallest absolute Gasteiger partial charge is 0.359 e. The molecule has 0 aliphatic carbocycles. The van der Waals surface area contributed by atoms with E-state index in [1.54, 1.807) is 0 Å². The molecule has 0 saturated carbocycles. The van der Waals surface area contributed by atoms with Gasteiger partial charge in [0.05, 0.1) is 12.5 Å². The lowest BCUT2D eigenvalue weighted by atomic mass is 10.1. The van der Waals surface area contributed by atoms with Crippen molar-refractivity contribution in [1.29, 1.82) is 0 Å². The van der Waals surface area contributed by atoms with E-state index in [9.17, 15) is 19.5 Å². The monoisotopic (exact) mass is 455 g/mol. The van der Waals surface area contributed by atoms with Crippen LogP contribution in [0.3, 0.4) is 0 Å². The van der Waals surface area contributed by atoms with E-state index in [-0.39, 0.29) is 6.54 Å². The second kappa shape index (κ2) is 19.8. The van der Waals surface area contributed by atoms with Gasteiger partial charge >= 0.3 is 11.9 Å². The Balaban J connectivity index is 3.86. The maximum Gasteiger partial charge on any atom is 0.359 e. The number of carbonyl (C=O) groups is 3. The van der Waals surface area contributed by atoms with Crippen LogP contribution < -0.4 is 5.11 Å². The van der Waals surface area contributed by atoms with Gasteiger partial charge in [-0.2, -0.15) is 0 Å². The van der Waals surface area contributed by atoms with Crippen LogP contribution >= 0.6 is 0 Å². The number of quaternary nitrogens is 1. The number of nitrogens with zero attached hydrogens (tertiary/aromatic N) is 1. The van der Waals surface area contributed by atoms with Crippen molar-refractivity contribution in [3.63, 3.8) is 0 Å². The Morgan fingerprint density at radius 3 is 1.47 bits per heavy atom. The number of unbranched alkanes of at least 4 members (excludes halogenated alkanes) is 13. The average molecular weight is 456 g/mol. The van der Waals surface area contributed by atoms with Crippen molar-refractivity contribution in [3.05, 3.63) is 12.2 Å². The molecule has 32 heavy (non-hydrogen) atoms. The van der Waals surface area contributed by atoms with Crippen molar-refractivity contribution >= 4 is 17.9 Å². The molecule has 0 fully saturated rings. The van der Waals surface area contributed by atoms with Gasteiger partial charge in [0.2, 0.25) is 0 Å². The average Bonchev–Trinajstić information content (AvgIpc) is 2.68. The first kappa shape index (κ1) is 30.1. The van der Waals surface area contributed by atoms with Gasteiger partial charge in [0.25, 0.3) is 0 Å². The molecule has 0 aliphatic rings. The van der Waals surface area contributed by atoms with E-state index in [0.717, 1.165) is 32.1 Å². The Morgan fingerprint density at radius 1 is 0.656 bits per heavy atom. The highest BCUT2D eigenvalue weighted by atomic mass is 16.4. The number of carbonyl (C=O) groups excluding carboxylic acids is 1. The molecule has 186 valence electrons. The van der Waals surface area contributed by atoms with Gasteiger partial charge < -0.3 is 24.6 Å². The molecule has 7 nitrogen and oxygen atoms in total. The number of allylic oxidation sites excluding steroid dienone is 2. The van der Waals surface area contributed by atoms with Crippen molar-refractivity contribution in [2.75, 3.05) is 26.2 Å². The highest BCUT2D eigenvalue weighted by Gasteiger charge is 2.33. The van der Waals surface area contributed by atoms with Crippen molar-refractivity contribution in [1.82, 2.24) is 0 Å². The van der Waals surface area contributed by atoms with E-state index in [0.29, 0.717) is 6.42 Å². The SMILES string of the molecule is CCCCCCCC/C=C/CCCCCCCCC[N+](CC(=O)[O-])(CC(=O)O)CC(=O)O. The van der Waals surface area contributed by atoms with Gasteiger partial charge in [-0.25, -0.2) is 9.59 Å². The molecule has 2 N–H and O–H groups in total. The summed E-state index contributed by atoms with van der Waals surface area (Å²) in [4.78, 5) is 33.3. The summed E-state index contributed by atoms with van der Waals surface area (Å²) >= 11 is 0. The molecular weight excluding hydrogens is 410 g/mol. The van der Waals surface area contributed by atoms with Crippen LogP contribution in [0.4, 0.5) is 0 Å². The Hall–Kier alpha value is -1.89. The minimum Gasteiger partial charge on any atom is -0.544 e.